The zero-order valence-electron chi connectivity index (χ0n) is 14.6. The van der Waals surface area contributed by atoms with E-state index in [1.165, 1.54) is 0 Å². The first-order valence-corrected chi connectivity index (χ1v) is 8.44. The van der Waals surface area contributed by atoms with Crippen LogP contribution in [0.1, 0.15) is 22.3 Å². The number of β-amino-alcohol motifs (C(OH)–C–C–N with tert-alkyl or cyclic N) is 1. The first-order chi connectivity index (χ1) is 12.0. The molecule has 1 saturated heterocycles. The van der Waals surface area contributed by atoms with Crippen molar-refractivity contribution in [1.29, 1.82) is 0 Å². The molecule has 1 fully saturated rings. The lowest BCUT2D eigenvalue weighted by molar-refractivity contribution is 0.0290. The highest BCUT2D eigenvalue weighted by molar-refractivity contribution is 5.99. The molecule has 2 heterocycles. The SMILES string of the molecule is CN(C)c1ncccc1C(=O)N[C@]1(c2ccccc2)CCNC[C@H]1O. The lowest BCUT2D eigenvalue weighted by Gasteiger charge is -2.43. The molecule has 2 atom stereocenters. The second-order valence-electron chi connectivity index (χ2n) is 6.53. The summed E-state index contributed by atoms with van der Waals surface area (Å²) in [5, 5.41) is 17.0. The van der Waals surface area contributed by atoms with E-state index in [-0.39, 0.29) is 5.91 Å². The Labute approximate surface area is 147 Å². The molecule has 1 amide bonds. The van der Waals surface area contributed by atoms with Crippen molar-refractivity contribution < 1.29 is 9.90 Å². The number of amides is 1. The van der Waals surface area contributed by atoms with E-state index in [0.29, 0.717) is 24.3 Å². The topological polar surface area (TPSA) is 77.5 Å². The maximum absolute atomic E-state index is 13.1. The molecule has 0 spiro atoms. The summed E-state index contributed by atoms with van der Waals surface area (Å²) in [4.78, 5) is 19.2. The van der Waals surface area contributed by atoms with Crippen molar-refractivity contribution in [2.45, 2.75) is 18.1 Å². The van der Waals surface area contributed by atoms with Crippen LogP contribution in [-0.4, -0.2) is 49.3 Å². The molecule has 2 aromatic rings. The molecule has 0 unspecified atom stereocenters. The number of benzene rings is 1. The summed E-state index contributed by atoms with van der Waals surface area (Å²) in [6.07, 6.45) is 1.56. The number of anilines is 1. The molecule has 1 aliphatic rings. The van der Waals surface area contributed by atoms with Crippen LogP contribution in [0, 0.1) is 0 Å². The molecule has 0 saturated carbocycles. The first-order valence-electron chi connectivity index (χ1n) is 8.44. The van der Waals surface area contributed by atoms with Crippen molar-refractivity contribution in [3.8, 4) is 0 Å². The molecule has 6 nitrogen and oxygen atoms in total. The van der Waals surface area contributed by atoms with Gasteiger partial charge in [-0.25, -0.2) is 4.98 Å². The van der Waals surface area contributed by atoms with Crippen molar-refractivity contribution >= 4 is 11.7 Å². The summed E-state index contributed by atoms with van der Waals surface area (Å²) >= 11 is 0. The highest BCUT2D eigenvalue weighted by atomic mass is 16.3. The summed E-state index contributed by atoms with van der Waals surface area (Å²) in [6, 6.07) is 13.2. The van der Waals surface area contributed by atoms with Crippen LogP contribution in [0.2, 0.25) is 0 Å². The number of carbonyl (C=O) groups excluding carboxylic acids is 1. The van der Waals surface area contributed by atoms with E-state index < -0.39 is 11.6 Å². The van der Waals surface area contributed by atoms with Crippen LogP contribution in [0.15, 0.2) is 48.7 Å². The standard InChI is InChI=1S/C19H24N4O2/c1-23(2)17-15(9-6-11-21-17)18(25)22-19(10-12-20-13-16(19)24)14-7-4-3-5-8-14/h3-9,11,16,20,24H,10,12-13H2,1-2H3,(H,22,25)/t16-,19+/m1/s1. The van der Waals surface area contributed by atoms with Gasteiger partial charge < -0.3 is 20.6 Å². The maximum atomic E-state index is 13.1. The number of nitrogens with one attached hydrogen (secondary N) is 2. The van der Waals surface area contributed by atoms with Crippen molar-refractivity contribution in [3.05, 3.63) is 59.8 Å². The van der Waals surface area contributed by atoms with E-state index in [0.717, 1.165) is 12.1 Å². The molecule has 3 rings (SSSR count). The monoisotopic (exact) mass is 340 g/mol. The Balaban J connectivity index is 1.98. The van der Waals surface area contributed by atoms with Crippen LogP contribution in [0.25, 0.3) is 0 Å². The summed E-state index contributed by atoms with van der Waals surface area (Å²) in [5.74, 6) is 0.369. The van der Waals surface area contributed by atoms with Crippen molar-refractivity contribution in [1.82, 2.24) is 15.6 Å². The molecule has 0 aliphatic carbocycles. The second-order valence-corrected chi connectivity index (χ2v) is 6.53. The number of hydrogen-bond acceptors (Lipinski definition) is 5. The minimum absolute atomic E-state index is 0.235. The Morgan fingerprint density at radius 1 is 1.28 bits per heavy atom. The van der Waals surface area contributed by atoms with Gasteiger partial charge in [-0.1, -0.05) is 30.3 Å². The Bertz CT molecular complexity index is 735. The van der Waals surface area contributed by atoms with E-state index in [2.05, 4.69) is 15.6 Å². The van der Waals surface area contributed by atoms with Gasteiger partial charge in [0, 0.05) is 26.8 Å². The molecule has 6 heteroatoms. The average molecular weight is 340 g/mol. The smallest absolute Gasteiger partial charge is 0.255 e. The fourth-order valence-corrected chi connectivity index (χ4v) is 3.36. The molecule has 1 aliphatic heterocycles. The van der Waals surface area contributed by atoms with Crippen LogP contribution in [-0.2, 0) is 5.54 Å². The molecule has 3 N–H and O–H groups in total. The van der Waals surface area contributed by atoms with Gasteiger partial charge in [-0.2, -0.15) is 0 Å². The molecule has 0 radical (unpaired) electrons. The second kappa shape index (κ2) is 7.21. The number of hydrogen-bond donors (Lipinski definition) is 3. The van der Waals surface area contributed by atoms with Gasteiger partial charge in [0.1, 0.15) is 5.82 Å². The lowest BCUT2D eigenvalue weighted by atomic mass is 9.79. The van der Waals surface area contributed by atoms with Crippen LogP contribution in [0.3, 0.4) is 0 Å². The highest BCUT2D eigenvalue weighted by Crippen LogP contribution is 2.32. The average Bonchev–Trinajstić information content (AvgIpc) is 2.64. The number of aliphatic hydroxyl groups excluding tert-OH is 1. The minimum atomic E-state index is -0.816. The van der Waals surface area contributed by atoms with Crippen LogP contribution in [0.5, 0.6) is 0 Å². The Morgan fingerprint density at radius 3 is 2.72 bits per heavy atom. The van der Waals surface area contributed by atoms with Gasteiger partial charge in [0.2, 0.25) is 0 Å². The quantitative estimate of drug-likeness (QED) is 0.778. The van der Waals surface area contributed by atoms with Crippen LogP contribution < -0.4 is 15.5 Å². The third kappa shape index (κ3) is 3.36. The largest absolute Gasteiger partial charge is 0.389 e. The highest BCUT2D eigenvalue weighted by Gasteiger charge is 2.43. The Morgan fingerprint density at radius 2 is 2.04 bits per heavy atom. The number of piperidine rings is 1. The zero-order valence-corrected chi connectivity index (χ0v) is 14.6. The van der Waals surface area contributed by atoms with Crippen LogP contribution >= 0.6 is 0 Å². The fraction of sp³-hybridized carbons (Fsp3) is 0.368. The Kier molecular flexibility index (Phi) is 5.01. The third-order valence-electron chi connectivity index (χ3n) is 4.68. The minimum Gasteiger partial charge on any atom is -0.389 e. The van der Waals surface area contributed by atoms with E-state index in [4.69, 9.17) is 0 Å². The van der Waals surface area contributed by atoms with Gasteiger partial charge >= 0.3 is 0 Å². The molecule has 25 heavy (non-hydrogen) atoms. The van der Waals surface area contributed by atoms with E-state index >= 15 is 0 Å². The Hall–Kier alpha value is -2.44. The van der Waals surface area contributed by atoms with Crippen molar-refractivity contribution in [3.63, 3.8) is 0 Å². The number of nitrogens with zero attached hydrogens (tertiary/aromatic N) is 2. The molecule has 0 bridgehead atoms. The molecule has 1 aromatic heterocycles. The van der Waals surface area contributed by atoms with Gasteiger partial charge in [-0.3, -0.25) is 4.79 Å². The third-order valence-corrected chi connectivity index (χ3v) is 4.68. The van der Waals surface area contributed by atoms with E-state index in [1.807, 2.05) is 49.3 Å². The number of aliphatic hydroxyl groups is 1. The van der Waals surface area contributed by atoms with Gasteiger partial charge in [0.15, 0.2) is 0 Å². The van der Waals surface area contributed by atoms with Gasteiger partial charge in [0.25, 0.3) is 5.91 Å². The molecule has 132 valence electrons. The van der Waals surface area contributed by atoms with E-state index in [1.54, 1.807) is 18.3 Å². The van der Waals surface area contributed by atoms with Gasteiger partial charge in [-0.05, 0) is 30.7 Å². The molecular formula is C19H24N4O2. The van der Waals surface area contributed by atoms with E-state index in [9.17, 15) is 9.90 Å². The maximum Gasteiger partial charge on any atom is 0.255 e. The summed E-state index contributed by atoms with van der Waals surface area (Å²) in [7, 11) is 3.71. The molecular weight excluding hydrogens is 316 g/mol. The summed E-state index contributed by atoms with van der Waals surface area (Å²) < 4.78 is 0. The first kappa shape index (κ1) is 17.4. The number of rotatable bonds is 4. The summed E-state index contributed by atoms with van der Waals surface area (Å²) in [6.45, 7) is 1.16. The van der Waals surface area contributed by atoms with Gasteiger partial charge in [0.05, 0.1) is 17.2 Å². The van der Waals surface area contributed by atoms with Crippen molar-refractivity contribution in [2.75, 3.05) is 32.1 Å². The van der Waals surface area contributed by atoms with Crippen molar-refractivity contribution in [2.24, 2.45) is 0 Å². The zero-order chi connectivity index (χ0) is 17.9. The number of aromatic nitrogens is 1. The normalized spacial score (nSPS) is 23.1. The predicted octanol–water partition coefficient (Wildman–Crippen LogP) is 1.13. The number of pyridine rings is 1. The number of carbonyl (C=O) groups is 1. The van der Waals surface area contributed by atoms with Crippen LogP contribution in [0.4, 0.5) is 5.82 Å². The molecule has 1 aromatic carbocycles. The fourth-order valence-electron chi connectivity index (χ4n) is 3.36. The lowest BCUT2D eigenvalue weighted by Crippen LogP contribution is -2.61. The summed E-state index contributed by atoms with van der Waals surface area (Å²) in [5.41, 5.74) is 0.587. The predicted molar refractivity (Wildman–Crippen MR) is 97.6 cm³/mol. The van der Waals surface area contributed by atoms with Gasteiger partial charge in [-0.15, -0.1) is 0 Å².